The van der Waals surface area contributed by atoms with Gasteiger partial charge in [-0.05, 0) is 36.6 Å². The van der Waals surface area contributed by atoms with Gasteiger partial charge in [-0.2, -0.15) is 0 Å². The van der Waals surface area contributed by atoms with Crippen molar-refractivity contribution in [1.29, 1.82) is 5.41 Å². The van der Waals surface area contributed by atoms with Crippen molar-refractivity contribution in [1.82, 2.24) is 5.32 Å². The first kappa shape index (κ1) is 24.1. The molecule has 4 rings (SSSR count). The molecule has 1 saturated carbocycles. The Kier molecular flexibility index (Phi) is 6.62. The third-order valence-electron chi connectivity index (χ3n) is 6.56. The van der Waals surface area contributed by atoms with Crippen LogP contribution in [0.4, 0.5) is 14.5 Å². The van der Waals surface area contributed by atoms with E-state index in [2.05, 4.69) is 5.32 Å². The van der Waals surface area contributed by atoms with Gasteiger partial charge in [0.2, 0.25) is 11.8 Å². The van der Waals surface area contributed by atoms with Crippen LogP contribution in [0.25, 0.3) is 0 Å². The third-order valence-corrected chi connectivity index (χ3v) is 8.28. The summed E-state index contributed by atoms with van der Waals surface area (Å²) in [7, 11) is -3.59. The first-order valence-electron chi connectivity index (χ1n) is 11.3. The maximum atomic E-state index is 13.5. The van der Waals surface area contributed by atoms with E-state index in [1.165, 1.54) is 12.1 Å². The van der Waals surface area contributed by atoms with Gasteiger partial charge in [-0.1, -0.05) is 30.3 Å². The van der Waals surface area contributed by atoms with Gasteiger partial charge in [0.25, 0.3) is 0 Å². The standard InChI is InChI=1S/C24H28F2N4O3S/c25-24(26)10-8-18(9-11-24)29-23(31)21-14-16-6-7-17(22(27)28)15-20(16)30(21)12-13-34(32,33)19-4-2-1-3-5-19/h1-7,15,18,21H,8-14H2,(H3,27,28)(H,29,31). The van der Waals surface area contributed by atoms with Crippen molar-refractivity contribution in [3.63, 3.8) is 0 Å². The molecule has 2 aromatic rings. The van der Waals surface area contributed by atoms with E-state index in [1.54, 1.807) is 41.3 Å². The summed E-state index contributed by atoms with van der Waals surface area (Å²) in [5.74, 6) is -3.34. The van der Waals surface area contributed by atoms with Crippen molar-refractivity contribution in [2.45, 2.75) is 55.0 Å². The van der Waals surface area contributed by atoms with Crippen molar-refractivity contribution in [3.8, 4) is 0 Å². The van der Waals surface area contributed by atoms with Crippen LogP contribution in [0.2, 0.25) is 0 Å². The van der Waals surface area contributed by atoms with Crippen LogP contribution in [0.1, 0.15) is 36.8 Å². The maximum Gasteiger partial charge on any atom is 0.248 e. The molecule has 7 nitrogen and oxygen atoms in total. The highest BCUT2D eigenvalue weighted by atomic mass is 32.2. The lowest BCUT2D eigenvalue weighted by Gasteiger charge is -2.32. The lowest BCUT2D eigenvalue weighted by Crippen LogP contribution is -2.51. The number of rotatable bonds is 7. The number of hydrogen-bond donors (Lipinski definition) is 3. The second-order valence-electron chi connectivity index (χ2n) is 8.94. The van der Waals surface area contributed by atoms with E-state index in [-0.39, 0.29) is 60.7 Å². The molecular weight excluding hydrogens is 462 g/mol. The molecule has 1 atom stereocenters. The Balaban J connectivity index is 1.55. The molecule has 1 fully saturated rings. The van der Waals surface area contributed by atoms with Crippen LogP contribution in [0.5, 0.6) is 0 Å². The van der Waals surface area contributed by atoms with Gasteiger partial charge >= 0.3 is 0 Å². The van der Waals surface area contributed by atoms with Gasteiger partial charge < -0.3 is 16.0 Å². The molecule has 1 unspecified atom stereocenters. The average Bonchev–Trinajstić information content (AvgIpc) is 3.17. The minimum absolute atomic E-state index is 0.0619. The number of hydrogen-bond acceptors (Lipinski definition) is 5. The van der Waals surface area contributed by atoms with Crippen molar-refractivity contribution in [2.75, 3.05) is 17.2 Å². The first-order chi connectivity index (χ1) is 16.1. The van der Waals surface area contributed by atoms with E-state index < -0.39 is 21.8 Å². The molecule has 0 saturated heterocycles. The Morgan fingerprint density at radius 2 is 1.82 bits per heavy atom. The number of fused-ring (bicyclic) bond motifs is 1. The number of alkyl halides is 2. The molecule has 0 radical (unpaired) electrons. The molecule has 2 aromatic carbocycles. The number of carbonyl (C=O) groups excluding carboxylic acids is 1. The Bertz CT molecular complexity index is 1180. The zero-order chi connectivity index (χ0) is 24.5. The Hall–Kier alpha value is -3.01. The summed E-state index contributed by atoms with van der Waals surface area (Å²) in [5, 5.41) is 10.6. The fourth-order valence-electron chi connectivity index (χ4n) is 4.61. The summed E-state index contributed by atoms with van der Waals surface area (Å²) in [6, 6.07) is 12.3. The topological polar surface area (TPSA) is 116 Å². The molecule has 0 spiro atoms. The smallest absolute Gasteiger partial charge is 0.248 e. The van der Waals surface area contributed by atoms with Gasteiger partial charge in [-0.3, -0.25) is 10.2 Å². The van der Waals surface area contributed by atoms with Crippen LogP contribution in [0.15, 0.2) is 53.4 Å². The highest BCUT2D eigenvalue weighted by Gasteiger charge is 2.39. The summed E-state index contributed by atoms with van der Waals surface area (Å²) >= 11 is 0. The maximum absolute atomic E-state index is 13.5. The van der Waals surface area contributed by atoms with Crippen LogP contribution >= 0.6 is 0 Å². The number of amidine groups is 1. The summed E-state index contributed by atoms with van der Waals surface area (Å²) in [5.41, 5.74) is 7.62. The molecule has 0 aromatic heterocycles. The minimum atomic E-state index is -3.59. The molecular formula is C24H28F2N4O3S. The molecule has 1 aliphatic carbocycles. The van der Waals surface area contributed by atoms with Crippen LogP contribution in [-0.4, -0.2) is 50.5 Å². The lowest BCUT2D eigenvalue weighted by molar-refractivity contribution is -0.124. The molecule has 1 amide bonds. The largest absolute Gasteiger partial charge is 0.384 e. The van der Waals surface area contributed by atoms with Crippen LogP contribution in [0, 0.1) is 5.41 Å². The predicted molar refractivity (Wildman–Crippen MR) is 126 cm³/mol. The summed E-state index contributed by atoms with van der Waals surface area (Å²) in [4.78, 5) is 15.1. The number of carbonyl (C=O) groups is 1. The third kappa shape index (κ3) is 5.22. The quantitative estimate of drug-likeness (QED) is 0.408. The number of sulfone groups is 1. The van der Waals surface area contributed by atoms with E-state index in [1.807, 2.05) is 0 Å². The molecule has 1 aliphatic heterocycles. The molecule has 182 valence electrons. The van der Waals surface area contributed by atoms with Gasteiger partial charge in [0.05, 0.1) is 10.6 Å². The predicted octanol–water partition coefficient (Wildman–Crippen LogP) is 2.87. The minimum Gasteiger partial charge on any atom is -0.384 e. The average molecular weight is 491 g/mol. The summed E-state index contributed by atoms with van der Waals surface area (Å²) in [6.07, 6.45) is 0.242. The molecule has 0 bridgehead atoms. The van der Waals surface area contributed by atoms with Gasteiger partial charge in [0.1, 0.15) is 11.9 Å². The fourth-order valence-corrected chi connectivity index (χ4v) is 5.86. The van der Waals surface area contributed by atoms with E-state index in [0.717, 1.165) is 5.56 Å². The van der Waals surface area contributed by atoms with Gasteiger partial charge in [-0.25, -0.2) is 17.2 Å². The van der Waals surface area contributed by atoms with Gasteiger partial charge in [0.15, 0.2) is 9.84 Å². The number of nitrogens with two attached hydrogens (primary N) is 1. The Morgan fingerprint density at radius 1 is 1.15 bits per heavy atom. The number of nitrogen functional groups attached to an aromatic ring is 1. The Labute approximate surface area is 197 Å². The molecule has 34 heavy (non-hydrogen) atoms. The number of nitrogens with one attached hydrogen (secondary N) is 2. The summed E-state index contributed by atoms with van der Waals surface area (Å²) in [6.45, 7) is 0.0619. The highest BCUT2D eigenvalue weighted by Crippen LogP contribution is 2.35. The molecule has 10 heteroatoms. The van der Waals surface area contributed by atoms with E-state index in [0.29, 0.717) is 17.7 Å². The van der Waals surface area contributed by atoms with Crippen molar-refractivity contribution >= 4 is 27.3 Å². The number of halogens is 2. The van der Waals surface area contributed by atoms with Crippen LogP contribution in [0.3, 0.4) is 0 Å². The van der Waals surface area contributed by atoms with Gasteiger partial charge in [0, 0.05) is 43.1 Å². The highest BCUT2D eigenvalue weighted by molar-refractivity contribution is 7.91. The second kappa shape index (κ2) is 9.32. The summed E-state index contributed by atoms with van der Waals surface area (Å²) < 4.78 is 52.8. The molecule has 1 heterocycles. The SMILES string of the molecule is N=C(N)c1ccc2c(c1)N(CCS(=O)(=O)c1ccccc1)C(C(=O)NC1CCC(F)(F)CC1)C2. The van der Waals surface area contributed by atoms with Crippen LogP contribution < -0.4 is 16.0 Å². The number of amides is 1. The van der Waals surface area contributed by atoms with Crippen molar-refractivity contribution < 1.29 is 22.0 Å². The lowest BCUT2D eigenvalue weighted by atomic mass is 9.92. The number of nitrogens with zero attached hydrogens (tertiary/aromatic N) is 1. The van der Waals surface area contributed by atoms with Crippen LogP contribution in [-0.2, 0) is 21.1 Å². The number of anilines is 1. The monoisotopic (exact) mass is 490 g/mol. The molecule has 2 aliphatic rings. The van der Waals surface area contributed by atoms with E-state index in [9.17, 15) is 22.0 Å². The number of benzene rings is 2. The zero-order valence-electron chi connectivity index (χ0n) is 18.6. The van der Waals surface area contributed by atoms with E-state index in [4.69, 9.17) is 11.1 Å². The second-order valence-corrected chi connectivity index (χ2v) is 11.1. The first-order valence-corrected chi connectivity index (χ1v) is 12.9. The van der Waals surface area contributed by atoms with Crippen molar-refractivity contribution in [3.05, 3.63) is 59.7 Å². The molecule has 4 N–H and O–H groups in total. The normalized spacial score (nSPS) is 20.1. The fraction of sp³-hybridized carbons (Fsp3) is 0.417. The zero-order valence-corrected chi connectivity index (χ0v) is 19.5. The Morgan fingerprint density at radius 3 is 2.47 bits per heavy atom. The van der Waals surface area contributed by atoms with Crippen molar-refractivity contribution in [2.24, 2.45) is 5.73 Å². The van der Waals surface area contributed by atoms with Gasteiger partial charge in [-0.15, -0.1) is 0 Å². The van der Waals surface area contributed by atoms with E-state index >= 15 is 0 Å².